The van der Waals surface area contributed by atoms with Crippen LogP contribution in [0.2, 0.25) is 0 Å². The van der Waals surface area contributed by atoms with Crippen LogP contribution in [0.25, 0.3) is 10.2 Å². The van der Waals surface area contributed by atoms with Gasteiger partial charge in [-0.05, 0) is 44.4 Å². The molecule has 3 nitrogen and oxygen atoms in total. The van der Waals surface area contributed by atoms with Gasteiger partial charge in [0.15, 0.2) is 0 Å². The number of rotatable bonds is 2. The van der Waals surface area contributed by atoms with Gasteiger partial charge in [-0.2, -0.15) is 0 Å². The van der Waals surface area contributed by atoms with Crippen molar-refractivity contribution in [1.29, 1.82) is 0 Å². The van der Waals surface area contributed by atoms with E-state index in [4.69, 9.17) is 0 Å². The van der Waals surface area contributed by atoms with E-state index in [0.717, 1.165) is 14.2 Å². The summed E-state index contributed by atoms with van der Waals surface area (Å²) in [5.74, 6) is 0. The highest BCUT2D eigenvalue weighted by atomic mass is 79.9. The Hall–Kier alpha value is -0.980. The molecule has 86 valence electrons. The van der Waals surface area contributed by atoms with Crippen molar-refractivity contribution in [1.82, 2.24) is 9.55 Å². The Kier molecular flexibility index (Phi) is 2.85. The Balaban J connectivity index is 2.06. The molecule has 3 aromatic heterocycles. The average Bonchev–Trinajstić information content (AvgIpc) is 2.92. The molecular formula is C11H7BrN2OS2. The van der Waals surface area contributed by atoms with Crippen LogP contribution in [0, 0.1) is 0 Å². The van der Waals surface area contributed by atoms with Gasteiger partial charge in [0, 0.05) is 0 Å². The zero-order valence-electron chi connectivity index (χ0n) is 8.59. The van der Waals surface area contributed by atoms with Crippen molar-refractivity contribution in [2.24, 2.45) is 0 Å². The second kappa shape index (κ2) is 4.36. The third-order valence-electron chi connectivity index (χ3n) is 2.43. The smallest absolute Gasteiger partial charge is 0.262 e. The van der Waals surface area contributed by atoms with E-state index >= 15 is 0 Å². The molecule has 6 heteroatoms. The van der Waals surface area contributed by atoms with Crippen molar-refractivity contribution >= 4 is 48.8 Å². The first-order chi connectivity index (χ1) is 8.24. The predicted octanol–water partition coefficient (Wildman–Crippen LogP) is 3.33. The van der Waals surface area contributed by atoms with Crippen LogP contribution in [-0.2, 0) is 6.54 Å². The molecule has 0 aromatic carbocycles. The van der Waals surface area contributed by atoms with E-state index in [1.54, 1.807) is 22.2 Å². The maximum Gasteiger partial charge on any atom is 0.262 e. The number of aromatic nitrogens is 2. The summed E-state index contributed by atoms with van der Waals surface area (Å²) in [6.07, 6.45) is 1.62. The van der Waals surface area contributed by atoms with Crippen molar-refractivity contribution in [3.8, 4) is 0 Å². The average molecular weight is 327 g/mol. The van der Waals surface area contributed by atoms with E-state index < -0.39 is 0 Å². The maximum atomic E-state index is 12.1. The summed E-state index contributed by atoms with van der Waals surface area (Å²) in [6, 6.07) is 3.85. The number of nitrogens with zero attached hydrogens (tertiary/aromatic N) is 2. The van der Waals surface area contributed by atoms with Crippen LogP contribution < -0.4 is 5.56 Å². The van der Waals surface area contributed by atoms with Crippen molar-refractivity contribution in [3.05, 3.63) is 48.9 Å². The molecule has 0 spiro atoms. The normalized spacial score (nSPS) is 11.1. The quantitative estimate of drug-likeness (QED) is 0.724. The number of halogens is 1. The zero-order valence-corrected chi connectivity index (χ0v) is 11.8. The lowest BCUT2D eigenvalue weighted by molar-refractivity contribution is 0.751. The Morgan fingerprint density at radius 2 is 2.29 bits per heavy atom. The molecule has 0 aliphatic heterocycles. The zero-order chi connectivity index (χ0) is 11.8. The first kappa shape index (κ1) is 11.1. The fraction of sp³-hybridized carbons (Fsp3) is 0.0909. The second-order valence-corrected chi connectivity index (χ2v) is 6.76. The van der Waals surface area contributed by atoms with E-state index in [1.807, 2.05) is 22.9 Å². The monoisotopic (exact) mass is 326 g/mol. The molecule has 0 unspecified atom stereocenters. The summed E-state index contributed by atoms with van der Waals surface area (Å²) < 4.78 is 2.72. The third kappa shape index (κ3) is 2.08. The minimum absolute atomic E-state index is 0.0265. The highest BCUT2D eigenvalue weighted by Gasteiger charge is 2.06. The maximum absolute atomic E-state index is 12.1. The predicted molar refractivity (Wildman–Crippen MR) is 75.0 cm³/mol. The molecule has 0 saturated carbocycles. The van der Waals surface area contributed by atoms with Gasteiger partial charge in [0.2, 0.25) is 0 Å². The van der Waals surface area contributed by atoms with Gasteiger partial charge < -0.3 is 0 Å². The van der Waals surface area contributed by atoms with Gasteiger partial charge in [-0.1, -0.05) is 0 Å². The second-order valence-electron chi connectivity index (χ2n) is 3.58. The van der Waals surface area contributed by atoms with Crippen LogP contribution in [0.3, 0.4) is 0 Å². The summed E-state index contributed by atoms with van der Waals surface area (Å²) >= 11 is 6.52. The first-order valence-electron chi connectivity index (χ1n) is 4.89. The molecule has 0 N–H and O–H groups in total. The lowest BCUT2D eigenvalue weighted by Crippen LogP contribution is -2.20. The fourth-order valence-corrected chi connectivity index (χ4v) is 3.56. The molecule has 0 radical (unpaired) electrons. The van der Waals surface area contributed by atoms with Gasteiger partial charge >= 0.3 is 0 Å². The number of hydrogen-bond donors (Lipinski definition) is 0. The lowest BCUT2D eigenvalue weighted by atomic mass is 10.3. The molecule has 0 fully saturated rings. The highest BCUT2D eigenvalue weighted by molar-refractivity contribution is 9.11. The largest absolute Gasteiger partial charge is 0.294 e. The minimum atomic E-state index is 0.0265. The van der Waals surface area contributed by atoms with Crippen LogP contribution >= 0.6 is 38.6 Å². The van der Waals surface area contributed by atoms with E-state index in [0.29, 0.717) is 11.9 Å². The molecule has 0 bridgehead atoms. The molecule has 17 heavy (non-hydrogen) atoms. The molecule has 3 heterocycles. The van der Waals surface area contributed by atoms with Crippen LogP contribution in [0.1, 0.15) is 5.56 Å². The van der Waals surface area contributed by atoms with Gasteiger partial charge in [0.25, 0.3) is 5.56 Å². The summed E-state index contributed by atoms with van der Waals surface area (Å²) in [5, 5.41) is 4.63. The summed E-state index contributed by atoms with van der Waals surface area (Å²) in [4.78, 5) is 17.2. The summed E-state index contributed by atoms with van der Waals surface area (Å²) in [6.45, 7) is 0.569. The molecule has 3 rings (SSSR count). The third-order valence-corrected chi connectivity index (χ3v) is 4.80. The van der Waals surface area contributed by atoms with Crippen molar-refractivity contribution < 1.29 is 0 Å². The minimum Gasteiger partial charge on any atom is -0.294 e. The first-order valence-corrected chi connectivity index (χ1v) is 7.45. The van der Waals surface area contributed by atoms with Gasteiger partial charge in [0.05, 0.1) is 22.0 Å². The number of thiophene rings is 2. The Bertz CT molecular complexity index is 728. The van der Waals surface area contributed by atoms with Gasteiger partial charge in [-0.15, -0.1) is 22.7 Å². The molecule has 0 amide bonds. The van der Waals surface area contributed by atoms with Gasteiger partial charge in [-0.3, -0.25) is 9.36 Å². The molecule has 0 aliphatic carbocycles. The van der Waals surface area contributed by atoms with Crippen molar-refractivity contribution in [3.63, 3.8) is 0 Å². The summed E-state index contributed by atoms with van der Waals surface area (Å²) in [7, 11) is 0. The number of fused-ring (bicyclic) bond motifs is 1. The van der Waals surface area contributed by atoms with Crippen LogP contribution in [-0.4, -0.2) is 9.55 Å². The van der Waals surface area contributed by atoms with E-state index in [9.17, 15) is 4.79 Å². The topological polar surface area (TPSA) is 34.9 Å². The SMILES string of the molecule is O=c1c2ccsc2ncn1Cc1csc(Br)c1. The van der Waals surface area contributed by atoms with Crippen molar-refractivity contribution in [2.75, 3.05) is 0 Å². The standard InChI is InChI=1S/C11H7BrN2OS2/c12-9-3-7(5-17-9)4-14-6-13-10-8(11(14)15)1-2-16-10/h1-3,5-6H,4H2. The van der Waals surface area contributed by atoms with Gasteiger partial charge in [-0.25, -0.2) is 4.98 Å². The lowest BCUT2D eigenvalue weighted by Gasteiger charge is -2.02. The highest BCUT2D eigenvalue weighted by Crippen LogP contribution is 2.21. The van der Waals surface area contributed by atoms with E-state index in [-0.39, 0.29) is 5.56 Å². The van der Waals surface area contributed by atoms with E-state index in [1.165, 1.54) is 11.3 Å². The molecular weight excluding hydrogens is 320 g/mol. The fourth-order valence-electron chi connectivity index (χ4n) is 1.63. The Morgan fingerprint density at radius 1 is 1.41 bits per heavy atom. The van der Waals surface area contributed by atoms with Crippen LogP contribution in [0.5, 0.6) is 0 Å². The Labute approximate surface area is 113 Å². The van der Waals surface area contributed by atoms with Crippen LogP contribution in [0.15, 0.2) is 37.8 Å². The van der Waals surface area contributed by atoms with Crippen molar-refractivity contribution in [2.45, 2.75) is 6.54 Å². The van der Waals surface area contributed by atoms with E-state index in [2.05, 4.69) is 20.9 Å². The molecule has 0 saturated heterocycles. The Morgan fingerprint density at radius 3 is 3.06 bits per heavy atom. The van der Waals surface area contributed by atoms with Crippen LogP contribution in [0.4, 0.5) is 0 Å². The molecule has 3 aromatic rings. The van der Waals surface area contributed by atoms with Gasteiger partial charge in [0.1, 0.15) is 4.83 Å². The number of hydrogen-bond acceptors (Lipinski definition) is 4. The molecule has 0 aliphatic rings. The summed E-state index contributed by atoms with van der Waals surface area (Å²) in [5.41, 5.74) is 1.14. The molecule has 0 atom stereocenters.